The Kier molecular flexibility index (Phi) is 20.4. The normalized spacial score (nSPS) is 36.8. The van der Waals surface area contributed by atoms with Crippen molar-refractivity contribution in [3.05, 3.63) is 0 Å². The summed E-state index contributed by atoms with van der Waals surface area (Å²) in [7, 11) is 0. The minimum atomic E-state index is -2.22. The number of carbonyl (C=O) groups excluding carboxylic acids is 10. The maximum Gasteiger partial charge on any atom is 0.339 e. The molecule has 31 heteroatoms. The molecular weight excluding hydrogens is 976 g/mol. The van der Waals surface area contributed by atoms with Crippen LogP contribution in [0.1, 0.15) is 55.4 Å². The Morgan fingerprint density at radius 1 is 0.324 bits per heavy atom. The molecule has 4 aliphatic rings. The number of rotatable bonds is 16. The Labute approximate surface area is 400 Å². The lowest BCUT2D eigenvalue weighted by Gasteiger charge is -2.45. The lowest BCUT2D eigenvalue weighted by Crippen LogP contribution is -2.65. The molecule has 4 fully saturated rings. The maximum atomic E-state index is 13.6. The summed E-state index contributed by atoms with van der Waals surface area (Å²) >= 11 is 0. The molecule has 6 N–H and O–H groups in total. The molecule has 4 heterocycles. The van der Waals surface area contributed by atoms with Crippen LogP contribution in [0.5, 0.6) is 0 Å². The van der Waals surface area contributed by atoms with E-state index < -0.39 is 196 Å². The zero-order chi connectivity index (χ0) is 53.3. The number of aliphatic hydroxyl groups excluding tert-OH is 6. The molecule has 20 atom stereocenters. The van der Waals surface area contributed by atoms with Crippen molar-refractivity contribution in [1.82, 2.24) is 0 Å². The van der Waals surface area contributed by atoms with Crippen molar-refractivity contribution in [3.8, 4) is 0 Å². The third-order valence-electron chi connectivity index (χ3n) is 10.2. The SMILES string of the molecule is CC(=O)OC1[C@@H](OC(C)=O)C(C(=O)OCC2O[C@@H](O[C@@H]3OC(COC(=O)C4O[C@H](OC(C)=O)C(OC(C)=O)[C@@H](OC(C)=O)[C@@H]4OC(C)=O)[C@@H](O)C(O)C3O)C(O)[C@H](O)[C@@H]2O)O[C@H](OC(C)=O)[C@@H]1OC(C)=O. The van der Waals surface area contributed by atoms with Gasteiger partial charge in [-0.3, -0.25) is 38.4 Å². The molecule has 0 aromatic heterocycles. The summed E-state index contributed by atoms with van der Waals surface area (Å²) < 4.78 is 79.3. The maximum absolute atomic E-state index is 13.6. The van der Waals surface area contributed by atoms with Crippen LogP contribution in [-0.4, -0.2) is 226 Å². The van der Waals surface area contributed by atoms with Gasteiger partial charge in [-0.1, -0.05) is 0 Å². The standard InChI is InChI=1S/C40H54O31/c1-11(41)59-27-29(61-13(3)43)33(63-15(5)45)39(65-17(7)47)69-31(27)35(55)57-9-19-21(49)23(51)25(53)37(67-19)71-38-26(54)24(52)22(50)20(68-38)10-58-36(56)32-28(60-12(2)42)30(62-14(4)44)34(64-16(6)46)40(70-32)66-18(8)48/h19-34,37-40,49-54H,9-10H2,1-8H3/t19?,20?,21-,22-,23-,24?,25?,26?,27-,28+,29?,30+,31?,32?,33-,34?,37+,38+,39+,40+/m1/s1. The van der Waals surface area contributed by atoms with Gasteiger partial charge in [-0.05, 0) is 0 Å². The molecule has 0 bridgehead atoms. The molecule has 0 radical (unpaired) electrons. The molecule has 4 aliphatic heterocycles. The van der Waals surface area contributed by atoms with Crippen LogP contribution < -0.4 is 0 Å². The van der Waals surface area contributed by atoms with E-state index in [9.17, 15) is 78.6 Å². The molecule has 71 heavy (non-hydrogen) atoms. The largest absolute Gasteiger partial charge is 0.461 e. The Morgan fingerprint density at radius 3 is 0.873 bits per heavy atom. The van der Waals surface area contributed by atoms with Crippen LogP contribution in [0.25, 0.3) is 0 Å². The van der Waals surface area contributed by atoms with E-state index in [4.69, 9.17) is 71.1 Å². The van der Waals surface area contributed by atoms with E-state index >= 15 is 0 Å². The van der Waals surface area contributed by atoms with E-state index in [1.807, 2.05) is 0 Å². The third-order valence-corrected chi connectivity index (χ3v) is 10.2. The van der Waals surface area contributed by atoms with E-state index in [0.717, 1.165) is 55.4 Å². The van der Waals surface area contributed by atoms with Gasteiger partial charge in [0.15, 0.2) is 49.2 Å². The summed E-state index contributed by atoms with van der Waals surface area (Å²) in [6.07, 6.45) is -40.7. The van der Waals surface area contributed by atoms with Crippen molar-refractivity contribution < 1.29 is 150 Å². The lowest BCUT2D eigenvalue weighted by molar-refractivity contribution is -0.377. The number of esters is 10. The molecule has 9 unspecified atom stereocenters. The average molecular weight is 1030 g/mol. The van der Waals surface area contributed by atoms with Crippen molar-refractivity contribution in [2.45, 2.75) is 178 Å². The molecule has 4 rings (SSSR count). The Morgan fingerprint density at radius 2 is 0.592 bits per heavy atom. The van der Waals surface area contributed by atoms with Gasteiger partial charge < -0.3 is 102 Å². The smallest absolute Gasteiger partial charge is 0.339 e. The van der Waals surface area contributed by atoms with Crippen molar-refractivity contribution >= 4 is 59.7 Å². The van der Waals surface area contributed by atoms with Crippen LogP contribution in [-0.2, 0) is 119 Å². The van der Waals surface area contributed by atoms with Crippen LogP contribution in [0.15, 0.2) is 0 Å². The Hall–Kier alpha value is -5.74. The predicted molar refractivity (Wildman–Crippen MR) is 211 cm³/mol. The van der Waals surface area contributed by atoms with Crippen molar-refractivity contribution in [1.29, 1.82) is 0 Å². The third kappa shape index (κ3) is 15.1. The van der Waals surface area contributed by atoms with Gasteiger partial charge >= 0.3 is 59.7 Å². The first-order chi connectivity index (χ1) is 33.1. The van der Waals surface area contributed by atoms with Gasteiger partial charge in [-0.25, -0.2) is 9.59 Å². The first kappa shape index (κ1) is 57.8. The van der Waals surface area contributed by atoms with Crippen molar-refractivity contribution in [3.63, 3.8) is 0 Å². The molecule has 400 valence electrons. The van der Waals surface area contributed by atoms with Gasteiger partial charge in [0.2, 0.25) is 24.8 Å². The molecule has 0 aliphatic carbocycles. The summed E-state index contributed by atoms with van der Waals surface area (Å²) in [5, 5.41) is 64.8. The second-order valence-corrected chi connectivity index (χ2v) is 15.9. The predicted octanol–water partition coefficient (Wildman–Crippen LogP) is -6.13. The Bertz CT molecular complexity index is 1840. The van der Waals surface area contributed by atoms with Gasteiger partial charge in [-0.2, -0.15) is 0 Å². The number of carbonyl (C=O) groups is 10. The van der Waals surface area contributed by atoms with Gasteiger partial charge in [0, 0.05) is 55.4 Å². The summed E-state index contributed by atoms with van der Waals surface area (Å²) in [5.74, 6) is -11.4. The molecule has 0 amide bonds. The van der Waals surface area contributed by atoms with Crippen LogP contribution >= 0.6 is 0 Å². The number of hydrogen-bond donors (Lipinski definition) is 6. The zero-order valence-electron chi connectivity index (χ0n) is 38.9. The summed E-state index contributed by atoms with van der Waals surface area (Å²) in [6, 6.07) is 0. The summed E-state index contributed by atoms with van der Waals surface area (Å²) in [4.78, 5) is 124. The molecule has 0 saturated carbocycles. The fraction of sp³-hybridized carbons (Fsp3) is 0.750. The minimum absolute atomic E-state index is 0.887. The van der Waals surface area contributed by atoms with Crippen LogP contribution in [0.4, 0.5) is 0 Å². The van der Waals surface area contributed by atoms with Gasteiger partial charge in [0.05, 0.1) is 0 Å². The topological polar surface area (TPSA) is 431 Å². The van der Waals surface area contributed by atoms with Gasteiger partial charge in [-0.15, -0.1) is 0 Å². The zero-order valence-corrected chi connectivity index (χ0v) is 38.9. The summed E-state index contributed by atoms with van der Waals surface area (Å²) in [6.45, 7) is 5.10. The molecule has 31 nitrogen and oxygen atoms in total. The highest BCUT2D eigenvalue weighted by Crippen LogP contribution is 2.34. The van der Waals surface area contributed by atoms with Crippen molar-refractivity contribution in [2.24, 2.45) is 0 Å². The van der Waals surface area contributed by atoms with E-state index in [1.165, 1.54) is 0 Å². The van der Waals surface area contributed by atoms with Crippen LogP contribution in [0.2, 0.25) is 0 Å². The molecule has 4 saturated heterocycles. The van der Waals surface area contributed by atoms with Gasteiger partial charge in [0.25, 0.3) is 0 Å². The molecule has 0 aromatic rings. The second kappa shape index (κ2) is 25.1. The lowest BCUT2D eigenvalue weighted by atomic mass is 9.97. The quantitative estimate of drug-likeness (QED) is 0.0619. The first-order valence-corrected chi connectivity index (χ1v) is 21.2. The number of aliphatic hydroxyl groups is 6. The monoisotopic (exact) mass is 1030 g/mol. The fourth-order valence-electron chi connectivity index (χ4n) is 7.40. The average Bonchev–Trinajstić information content (AvgIpc) is 3.25. The Balaban J connectivity index is 1.52. The fourth-order valence-corrected chi connectivity index (χ4v) is 7.40. The van der Waals surface area contributed by atoms with Crippen molar-refractivity contribution in [2.75, 3.05) is 13.2 Å². The molecule has 0 spiro atoms. The highest BCUT2D eigenvalue weighted by atomic mass is 16.8. The highest BCUT2D eigenvalue weighted by molar-refractivity contribution is 5.78. The van der Waals surface area contributed by atoms with E-state index in [-0.39, 0.29) is 0 Å². The van der Waals surface area contributed by atoms with E-state index in [1.54, 1.807) is 0 Å². The van der Waals surface area contributed by atoms with E-state index in [2.05, 4.69) is 0 Å². The summed E-state index contributed by atoms with van der Waals surface area (Å²) in [5.41, 5.74) is 0. The van der Waals surface area contributed by atoms with E-state index in [0.29, 0.717) is 0 Å². The number of ether oxygens (including phenoxy) is 15. The highest BCUT2D eigenvalue weighted by Gasteiger charge is 2.59. The second-order valence-electron chi connectivity index (χ2n) is 15.9. The van der Waals surface area contributed by atoms with Crippen LogP contribution in [0, 0.1) is 0 Å². The van der Waals surface area contributed by atoms with Gasteiger partial charge in [0.1, 0.15) is 62.0 Å². The minimum Gasteiger partial charge on any atom is -0.461 e. The molecule has 0 aromatic carbocycles. The number of hydrogen-bond acceptors (Lipinski definition) is 31. The first-order valence-electron chi connectivity index (χ1n) is 21.2. The van der Waals surface area contributed by atoms with Crippen LogP contribution in [0.3, 0.4) is 0 Å². The molecular formula is C40H54O31.